The van der Waals surface area contributed by atoms with Crippen LogP contribution in [0.3, 0.4) is 0 Å². The maximum absolute atomic E-state index is 5.87. The second-order valence-corrected chi connectivity index (χ2v) is 6.99. The summed E-state index contributed by atoms with van der Waals surface area (Å²) >= 11 is 10.7. The van der Waals surface area contributed by atoms with E-state index in [2.05, 4.69) is 80.7 Å². The van der Waals surface area contributed by atoms with E-state index in [9.17, 15) is 0 Å². The number of hydrogen-bond acceptors (Lipinski definition) is 1. The summed E-state index contributed by atoms with van der Waals surface area (Å²) in [6, 6.07) is 4.12. The van der Waals surface area contributed by atoms with Crippen molar-refractivity contribution in [1.82, 2.24) is 0 Å². The zero-order chi connectivity index (χ0) is 14.4. The Morgan fingerprint density at radius 1 is 1.32 bits per heavy atom. The van der Waals surface area contributed by atoms with Crippen molar-refractivity contribution in [2.24, 2.45) is 5.92 Å². The Morgan fingerprint density at radius 2 is 2.00 bits per heavy atom. The number of hydrogen-bond donors (Lipinski definition) is 0. The third-order valence-electron chi connectivity index (χ3n) is 2.72. The molecule has 0 spiro atoms. The van der Waals surface area contributed by atoms with Crippen molar-refractivity contribution in [3.8, 4) is 5.75 Å². The Balaban J connectivity index is 3.23. The molecule has 0 atom stereocenters. The summed E-state index contributed by atoms with van der Waals surface area (Å²) in [6.07, 6.45) is 3.21. The van der Waals surface area contributed by atoms with Gasteiger partial charge in [0.15, 0.2) is 0 Å². The molecule has 106 valence electrons. The minimum Gasteiger partial charge on any atom is -0.492 e. The number of rotatable bonds is 6. The summed E-state index contributed by atoms with van der Waals surface area (Å²) in [4.78, 5) is 0. The maximum atomic E-state index is 5.87. The zero-order valence-corrected chi connectivity index (χ0v) is 16.2. The van der Waals surface area contributed by atoms with Crippen LogP contribution >= 0.6 is 47.8 Å². The monoisotopic (exact) mass is 452 g/mol. The lowest BCUT2D eigenvalue weighted by Gasteiger charge is -2.14. The molecule has 0 aliphatic carbocycles. The van der Waals surface area contributed by atoms with Gasteiger partial charge in [0.05, 0.1) is 11.1 Å². The smallest absolute Gasteiger partial charge is 0.140 e. The van der Waals surface area contributed by atoms with Crippen LogP contribution in [0, 0.1) is 5.92 Å². The average molecular weight is 455 g/mol. The first-order chi connectivity index (χ1) is 8.99. The fourth-order valence-electron chi connectivity index (χ4n) is 1.60. The molecule has 0 radical (unpaired) electrons. The molecule has 1 nitrogen and oxygen atoms in total. The maximum Gasteiger partial charge on any atom is 0.140 e. The molecule has 0 amide bonds. The number of benzene rings is 1. The lowest BCUT2D eigenvalue weighted by Crippen LogP contribution is -2.00. The summed E-state index contributed by atoms with van der Waals surface area (Å²) in [5, 5.41) is 0.877. The molecule has 19 heavy (non-hydrogen) atoms. The number of halogens is 3. The second kappa shape index (κ2) is 8.48. The van der Waals surface area contributed by atoms with Crippen molar-refractivity contribution in [2.75, 3.05) is 11.9 Å². The summed E-state index contributed by atoms with van der Waals surface area (Å²) in [5.41, 5.74) is 2.46. The lowest BCUT2D eigenvalue weighted by molar-refractivity contribution is 0.315. The van der Waals surface area contributed by atoms with Crippen LogP contribution in [0.4, 0.5) is 0 Å². The van der Waals surface area contributed by atoms with Gasteiger partial charge in [0.1, 0.15) is 5.75 Å². The zero-order valence-electron chi connectivity index (χ0n) is 11.5. The van der Waals surface area contributed by atoms with E-state index >= 15 is 0 Å². The molecule has 1 aromatic carbocycles. The average Bonchev–Trinajstić information content (AvgIpc) is 2.34. The molecule has 0 saturated carbocycles. The molecule has 0 aliphatic rings. The summed E-state index contributed by atoms with van der Waals surface area (Å²) in [7, 11) is 0. The highest BCUT2D eigenvalue weighted by Gasteiger charge is 2.10. The highest BCUT2D eigenvalue weighted by atomic mass is 79.9. The topological polar surface area (TPSA) is 9.23 Å². The summed E-state index contributed by atoms with van der Waals surface area (Å²) < 4.78 is 7.90. The Kier molecular flexibility index (Phi) is 7.70. The lowest BCUT2D eigenvalue weighted by atomic mass is 10.0. The normalized spacial score (nSPS) is 12.1. The molecule has 0 saturated heterocycles. The van der Waals surface area contributed by atoms with Crippen LogP contribution in [0.2, 0.25) is 0 Å². The molecule has 1 rings (SSSR count). The van der Waals surface area contributed by atoms with Crippen LogP contribution in [0.15, 0.2) is 26.7 Å². The molecule has 0 N–H and O–H groups in total. The second-order valence-electron chi connectivity index (χ2n) is 4.66. The van der Waals surface area contributed by atoms with Crippen molar-refractivity contribution in [2.45, 2.75) is 27.2 Å². The molecule has 0 aliphatic heterocycles. The van der Waals surface area contributed by atoms with Gasteiger partial charge in [0, 0.05) is 15.4 Å². The van der Waals surface area contributed by atoms with Gasteiger partial charge >= 0.3 is 0 Å². The van der Waals surface area contributed by atoms with Gasteiger partial charge in [-0.1, -0.05) is 64.3 Å². The van der Waals surface area contributed by atoms with Gasteiger partial charge < -0.3 is 4.74 Å². The first-order valence-corrected chi connectivity index (χ1v) is 9.08. The third-order valence-corrected chi connectivity index (χ3v) is 4.42. The van der Waals surface area contributed by atoms with E-state index in [-0.39, 0.29) is 0 Å². The van der Waals surface area contributed by atoms with Crippen LogP contribution in [-0.2, 0) is 0 Å². The number of alkyl halides is 1. The Hall–Kier alpha value is 0.200. The van der Waals surface area contributed by atoms with Gasteiger partial charge in [-0.3, -0.25) is 0 Å². The Labute approximate surface area is 141 Å². The van der Waals surface area contributed by atoms with Crippen LogP contribution in [0.25, 0.3) is 6.08 Å². The molecule has 0 unspecified atom stereocenters. The van der Waals surface area contributed by atoms with Crippen molar-refractivity contribution < 1.29 is 4.74 Å². The molecule has 0 heterocycles. The van der Waals surface area contributed by atoms with Gasteiger partial charge in [-0.2, -0.15) is 0 Å². The van der Waals surface area contributed by atoms with E-state index in [4.69, 9.17) is 4.74 Å². The van der Waals surface area contributed by atoms with Gasteiger partial charge in [-0.15, -0.1) is 0 Å². The largest absolute Gasteiger partial charge is 0.492 e. The Bertz CT molecular complexity index is 453. The van der Waals surface area contributed by atoms with Crippen LogP contribution in [0.1, 0.15) is 32.8 Å². The fraction of sp³-hybridized carbons (Fsp3) is 0.467. The van der Waals surface area contributed by atoms with Crippen LogP contribution < -0.4 is 4.74 Å². The predicted octanol–water partition coefficient (Wildman–Crippen LogP) is 6.43. The van der Waals surface area contributed by atoms with Gasteiger partial charge in [0.25, 0.3) is 0 Å². The van der Waals surface area contributed by atoms with Crippen LogP contribution in [-0.4, -0.2) is 11.9 Å². The quantitative estimate of drug-likeness (QED) is 0.450. The van der Waals surface area contributed by atoms with E-state index in [0.29, 0.717) is 5.92 Å². The molecule has 1 aromatic rings. The van der Waals surface area contributed by atoms with Gasteiger partial charge in [-0.05, 0) is 40.4 Å². The number of allylic oxidation sites excluding steroid dienone is 1. The minimum atomic E-state index is 0.510. The van der Waals surface area contributed by atoms with E-state index < -0.39 is 0 Å². The molecule has 0 fully saturated rings. The first kappa shape index (κ1) is 17.3. The SMILES string of the molecule is CCCOc1c(Br)cc(Br)cc1C=C(CBr)C(C)C. The van der Waals surface area contributed by atoms with Gasteiger partial charge in [-0.25, -0.2) is 0 Å². The van der Waals surface area contributed by atoms with Crippen molar-refractivity contribution in [3.63, 3.8) is 0 Å². The number of ether oxygens (including phenoxy) is 1. The third kappa shape index (κ3) is 5.24. The van der Waals surface area contributed by atoms with Crippen molar-refractivity contribution in [3.05, 3.63) is 32.2 Å². The van der Waals surface area contributed by atoms with Crippen molar-refractivity contribution in [1.29, 1.82) is 0 Å². The standard InChI is InChI=1S/C15H19Br3O/c1-4-5-19-15-11(6-12(9-16)10(2)3)7-13(17)8-14(15)18/h6-8,10H,4-5,9H2,1-3H3. The first-order valence-electron chi connectivity index (χ1n) is 6.37. The summed E-state index contributed by atoms with van der Waals surface area (Å²) in [5.74, 6) is 1.43. The van der Waals surface area contributed by atoms with E-state index in [1.165, 1.54) is 5.57 Å². The molecular weight excluding hydrogens is 436 g/mol. The summed E-state index contributed by atoms with van der Waals surface area (Å²) in [6.45, 7) is 7.24. The molecule has 0 aromatic heterocycles. The van der Waals surface area contributed by atoms with Crippen LogP contribution in [0.5, 0.6) is 5.75 Å². The van der Waals surface area contributed by atoms with E-state index in [0.717, 1.165) is 38.6 Å². The highest BCUT2D eigenvalue weighted by molar-refractivity contribution is 9.11. The highest BCUT2D eigenvalue weighted by Crippen LogP contribution is 2.35. The predicted molar refractivity (Wildman–Crippen MR) is 94.2 cm³/mol. The van der Waals surface area contributed by atoms with Gasteiger partial charge in [0.2, 0.25) is 0 Å². The molecule has 0 bridgehead atoms. The van der Waals surface area contributed by atoms with E-state index in [1.54, 1.807) is 0 Å². The fourth-order valence-corrected chi connectivity index (χ4v) is 3.79. The van der Waals surface area contributed by atoms with Crippen molar-refractivity contribution >= 4 is 53.9 Å². The molecular formula is C15H19Br3O. The molecule has 4 heteroatoms. The Morgan fingerprint density at radius 3 is 2.53 bits per heavy atom. The minimum absolute atomic E-state index is 0.510. The van der Waals surface area contributed by atoms with E-state index in [1.807, 2.05) is 6.07 Å².